The van der Waals surface area contributed by atoms with E-state index in [-0.39, 0.29) is 17.6 Å². The number of hydrogen-bond acceptors (Lipinski definition) is 6. The molecule has 3 aromatic rings. The molecule has 0 fully saturated rings. The molecule has 1 amide bonds. The lowest BCUT2D eigenvalue weighted by molar-refractivity contribution is -0.120. The Morgan fingerprint density at radius 2 is 2.03 bits per heavy atom. The molecule has 1 atom stereocenters. The summed E-state index contributed by atoms with van der Waals surface area (Å²) >= 11 is 1.30. The van der Waals surface area contributed by atoms with E-state index < -0.39 is 5.54 Å². The SMILES string of the molecule is Cc1occc1-c1nnc(SCC(=O)NC(C)(C#N)C(C)C)n1Cc1ccccc1. The molecule has 0 saturated heterocycles. The molecular weight excluding hydrogens is 398 g/mol. The third-order valence-corrected chi connectivity index (χ3v) is 6.09. The molecule has 0 aliphatic heterocycles. The fourth-order valence-electron chi connectivity index (χ4n) is 2.88. The summed E-state index contributed by atoms with van der Waals surface area (Å²) < 4.78 is 7.42. The number of nitriles is 1. The van der Waals surface area contributed by atoms with Gasteiger partial charge in [0.25, 0.3) is 0 Å². The number of aromatic nitrogens is 3. The number of furan rings is 1. The standard InChI is InChI=1S/C22H25N5O2S/c1-15(2)22(4,14-23)24-19(28)13-30-21-26-25-20(18-10-11-29-16(18)3)27(21)12-17-8-6-5-7-9-17/h5-11,15H,12-13H2,1-4H3,(H,24,28). The first-order valence-corrected chi connectivity index (χ1v) is 10.7. The number of amides is 1. The summed E-state index contributed by atoms with van der Waals surface area (Å²) in [5.74, 6) is 1.37. The Hall–Kier alpha value is -3.05. The van der Waals surface area contributed by atoms with E-state index in [9.17, 15) is 10.1 Å². The van der Waals surface area contributed by atoms with Crippen LogP contribution >= 0.6 is 11.8 Å². The second-order valence-electron chi connectivity index (χ2n) is 7.57. The highest BCUT2D eigenvalue weighted by molar-refractivity contribution is 7.99. The van der Waals surface area contributed by atoms with Crippen molar-refractivity contribution in [3.8, 4) is 17.5 Å². The minimum absolute atomic E-state index is 0.00569. The van der Waals surface area contributed by atoms with Crippen molar-refractivity contribution in [1.82, 2.24) is 20.1 Å². The van der Waals surface area contributed by atoms with Crippen molar-refractivity contribution >= 4 is 17.7 Å². The number of benzene rings is 1. The number of rotatable bonds is 8. The number of nitrogens with zero attached hydrogens (tertiary/aromatic N) is 4. The van der Waals surface area contributed by atoms with E-state index in [1.165, 1.54) is 11.8 Å². The quantitative estimate of drug-likeness (QED) is 0.549. The van der Waals surface area contributed by atoms with Gasteiger partial charge in [0.15, 0.2) is 11.0 Å². The highest BCUT2D eigenvalue weighted by Crippen LogP contribution is 2.28. The molecule has 3 rings (SSSR count). The molecule has 30 heavy (non-hydrogen) atoms. The maximum Gasteiger partial charge on any atom is 0.231 e. The summed E-state index contributed by atoms with van der Waals surface area (Å²) in [5, 5.41) is 21.6. The molecule has 0 saturated carbocycles. The van der Waals surface area contributed by atoms with E-state index in [4.69, 9.17) is 4.42 Å². The van der Waals surface area contributed by atoms with Gasteiger partial charge in [-0.05, 0) is 31.4 Å². The fraction of sp³-hybridized carbons (Fsp3) is 0.364. The number of nitrogens with one attached hydrogen (secondary N) is 1. The molecule has 1 unspecified atom stereocenters. The number of carbonyl (C=O) groups is 1. The van der Waals surface area contributed by atoms with Crippen LogP contribution in [0, 0.1) is 24.2 Å². The monoisotopic (exact) mass is 423 g/mol. The number of carbonyl (C=O) groups excluding carboxylic acids is 1. The zero-order chi connectivity index (χ0) is 21.7. The van der Waals surface area contributed by atoms with Gasteiger partial charge in [0.05, 0.1) is 30.2 Å². The second kappa shape index (κ2) is 9.18. The van der Waals surface area contributed by atoms with Gasteiger partial charge in [0.2, 0.25) is 5.91 Å². The molecule has 8 heteroatoms. The van der Waals surface area contributed by atoms with Crippen molar-refractivity contribution < 1.29 is 9.21 Å². The van der Waals surface area contributed by atoms with E-state index in [0.29, 0.717) is 17.5 Å². The van der Waals surface area contributed by atoms with Crippen molar-refractivity contribution in [2.24, 2.45) is 5.92 Å². The van der Waals surface area contributed by atoms with Gasteiger partial charge < -0.3 is 9.73 Å². The lowest BCUT2D eigenvalue weighted by Gasteiger charge is -2.27. The van der Waals surface area contributed by atoms with Gasteiger partial charge in [-0.1, -0.05) is 55.9 Å². The van der Waals surface area contributed by atoms with Gasteiger partial charge in [0.1, 0.15) is 11.3 Å². The van der Waals surface area contributed by atoms with Crippen LogP contribution in [0.3, 0.4) is 0 Å². The van der Waals surface area contributed by atoms with Crippen molar-refractivity contribution in [2.45, 2.75) is 44.9 Å². The number of hydrogen-bond donors (Lipinski definition) is 1. The molecule has 0 aliphatic carbocycles. The van der Waals surface area contributed by atoms with Crippen LogP contribution in [0.25, 0.3) is 11.4 Å². The van der Waals surface area contributed by atoms with E-state index >= 15 is 0 Å². The summed E-state index contributed by atoms with van der Waals surface area (Å²) in [6.45, 7) is 8.00. The Labute approximate surface area is 180 Å². The van der Waals surface area contributed by atoms with Crippen LogP contribution in [0.1, 0.15) is 32.1 Å². The minimum atomic E-state index is -0.908. The first kappa shape index (κ1) is 21.7. The highest BCUT2D eigenvalue weighted by Gasteiger charge is 2.30. The molecule has 7 nitrogen and oxygen atoms in total. The predicted molar refractivity (Wildman–Crippen MR) is 116 cm³/mol. The van der Waals surface area contributed by atoms with Crippen LogP contribution in [-0.4, -0.2) is 32.0 Å². The molecule has 1 aromatic carbocycles. The summed E-state index contributed by atoms with van der Waals surface area (Å²) in [7, 11) is 0. The van der Waals surface area contributed by atoms with Crippen LogP contribution in [0.4, 0.5) is 0 Å². The van der Waals surface area contributed by atoms with Crippen molar-refractivity contribution in [2.75, 3.05) is 5.75 Å². The Kier molecular flexibility index (Phi) is 6.63. The van der Waals surface area contributed by atoms with E-state index in [1.807, 2.05) is 61.7 Å². The van der Waals surface area contributed by atoms with Crippen LogP contribution in [-0.2, 0) is 11.3 Å². The average molecular weight is 424 g/mol. The van der Waals surface area contributed by atoms with E-state index in [1.54, 1.807) is 13.2 Å². The normalized spacial score (nSPS) is 13.1. The number of aryl methyl sites for hydroxylation is 1. The minimum Gasteiger partial charge on any atom is -0.469 e. The average Bonchev–Trinajstić information content (AvgIpc) is 3.32. The summed E-state index contributed by atoms with van der Waals surface area (Å²) in [4.78, 5) is 12.5. The fourth-order valence-corrected chi connectivity index (χ4v) is 3.62. The van der Waals surface area contributed by atoms with Gasteiger partial charge in [-0.2, -0.15) is 5.26 Å². The number of thioether (sulfide) groups is 1. The van der Waals surface area contributed by atoms with Crippen LogP contribution < -0.4 is 5.32 Å². The van der Waals surface area contributed by atoms with Gasteiger partial charge in [-0.3, -0.25) is 9.36 Å². The lowest BCUT2D eigenvalue weighted by atomic mass is 9.90. The largest absolute Gasteiger partial charge is 0.469 e. The lowest BCUT2D eigenvalue weighted by Crippen LogP contribution is -2.49. The van der Waals surface area contributed by atoms with E-state index in [0.717, 1.165) is 16.9 Å². The molecule has 2 aromatic heterocycles. The van der Waals surface area contributed by atoms with Crippen molar-refractivity contribution in [1.29, 1.82) is 5.26 Å². The van der Waals surface area contributed by atoms with Crippen LogP contribution in [0.5, 0.6) is 0 Å². The summed E-state index contributed by atoms with van der Waals surface area (Å²) in [6.07, 6.45) is 1.63. The third kappa shape index (κ3) is 4.74. The van der Waals surface area contributed by atoms with Gasteiger partial charge in [-0.15, -0.1) is 10.2 Å². The molecule has 0 radical (unpaired) electrons. The molecular formula is C22H25N5O2S. The molecule has 1 N–H and O–H groups in total. The van der Waals surface area contributed by atoms with Gasteiger partial charge in [0, 0.05) is 0 Å². The zero-order valence-electron chi connectivity index (χ0n) is 17.5. The van der Waals surface area contributed by atoms with Gasteiger partial charge >= 0.3 is 0 Å². The predicted octanol–water partition coefficient (Wildman–Crippen LogP) is 4.04. The Balaban J connectivity index is 1.83. The molecule has 156 valence electrons. The molecule has 2 heterocycles. The third-order valence-electron chi connectivity index (χ3n) is 5.12. The van der Waals surface area contributed by atoms with Gasteiger partial charge in [-0.25, -0.2) is 0 Å². The second-order valence-corrected chi connectivity index (χ2v) is 8.52. The topological polar surface area (TPSA) is 96.7 Å². The Morgan fingerprint density at radius 1 is 1.30 bits per heavy atom. The van der Waals surface area contributed by atoms with Crippen molar-refractivity contribution in [3.05, 3.63) is 54.0 Å². The Morgan fingerprint density at radius 3 is 2.63 bits per heavy atom. The molecule has 0 aliphatic rings. The zero-order valence-corrected chi connectivity index (χ0v) is 18.4. The maximum atomic E-state index is 12.5. The first-order valence-electron chi connectivity index (χ1n) is 9.70. The molecule has 0 bridgehead atoms. The summed E-state index contributed by atoms with van der Waals surface area (Å²) in [6, 6.07) is 14.1. The maximum absolute atomic E-state index is 12.5. The van der Waals surface area contributed by atoms with Crippen LogP contribution in [0.2, 0.25) is 0 Å². The van der Waals surface area contributed by atoms with Crippen molar-refractivity contribution in [3.63, 3.8) is 0 Å². The van der Waals surface area contributed by atoms with E-state index in [2.05, 4.69) is 21.6 Å². The Bertz CT molecular complexity index is 1050. The highest BCUT2D eigenvalue weighted by atomic mass is 32.2. The molecule has 0 spiro atoms. The smallest absolute Gasteiger partial charge is 0.231 e. The first-order chi connectivity index (χ1) is 14.3. The van der Waals surface area contributed by atoms with Crippen LogP contribution in [0.15, 0.2) is 52.2 Å². The summed E-state index contributed by atoms with van der Waals surface area (Å²) in [5.41, 5.74) is 1.06.